The minimum Gasteiger partial charge on any atom is -0.497 e. The van der Waals surface area contributed by atoms with Gasteiger partial charge in [0.05, 0.1) is 32.0 Å². The summed E-state index contributed by atoms with van der Waals surface area (Å²) in [5.74, 6) is 0.879. The van der Waals surface area contributed by atoms with E-state index < -0.39 is 5.97 Å². The van der Waals surface area contributed by atoms with Crippen molar-refractivity contribution in [2.24, 2.45) is 0 Å². The summed E-state index contributed by atoms with van der Waals surface area (Å²) in [5, 5.41) is 0. The fraction of sp³-hybridized carbons (Fsp3) is 0.200. The first-order valence-electron chi connectivity index (χ1n) is 11.9. The van der Waals surface area contributed by atoms with Gasteiger partial charge in [0, 0.05) is 11.4 Å². The maximum absolute atomic E-state index is 13.6. The zero-order valence-corrected chi connectivity index (χ0v) is 21.3. The van der Waals surface area contributed by atoms with Gasteiger partial charge in [0.1, 0.15) is 12.4 Å². The van der Waals surface area contributed by atoms with Crippen LogP contribution in [0.5, 0.6) is 17.2 Å². The van der Waals surface area contributed by atoms with E-state index in [4.69, 9.17) is 18.9 Å². The van der Waals surface area contributed by atoms with Gasteiger partial charge in [-0.15, -0.1) is 0 Å². The van der Waals surface area contributed by atoms with E-state index in [2.05, 4.69) is 0 Å². The van der Waals surface area contributed by atoms with Crippen LogP contribution in [0.15, 0.2) is 89.6 Å². The number of rotatable bonds is 9. The number of hydrogen-bond donors (Lipinski definition) is 0. The summed E-state index contributed by atoms with van der Waals surface area (Å²) in [5.41, 5.74) is 3.30. The van der Waals surface area contributed by atoms with E-state index in [9.17, 15) is 9.59 Å². The van der Waals surface area contributed by atoms with Crippen LogP contribution in [-0.4, -0.2) is 32.7 Å². The van der Waals surface area contributed by atoms with Gasteiger partial charge in [0.2, 0.25) is 0 Å². The van der Waals surface area contributed by atoms with Gasteiger partial charge >= 0.3 is 5.97 Å². The van der Waals surface area contributed by atoms with Crippen LogP contribution in [0.1, 0.15) is 25.0 Å². The molecule has 0 bridgehead atoms. The summed E-state index contributed by atoms with van der Waals surface area (Å²) in [6.07, 6.45) is 1.67. The average molecular weight is 500 g/mol. The lowest BCUT2D eigenvalue weighted by molar-refractivity contribution is -0.138. The Bertz CT molecular complexity index is 1340. The zero-order chi connectivity index (χ0) is 26.4. The van der Waals surface area contributed by atoms with Gasteiger partial charge in [-0.3, -0.25) is 9.69 Å². The highest BCUT2D eigenvalue weighted by molar-refractivity contribution is 6.23. The molecule has 0 saturated carbocycles. The van der Waals surface area contributed by atoms with Crippen LogP contribution in [0.25, 0.3) is 6.08 Å². The molecule has 0 atom stereocenters. The lowest BCUT2D eigenvalue weighted by atomic mass is 10.0. The second-order valence-electron chi connectivity index (χ2n) is 8.26. The first-order chi connectivity index (χ1) is 18.0. The summed E-state index contributed by atoms with van der Waals surface area (Å²) in [6.45, 7) is 4.05. The van der Waals surface area contributed by atoms with E-state index in [0.717, 1.165) is 5.56 Å². The third-order valence-corrected chi connectivity index (χ3v) is 5.95. The number of nitrogens with zero attached hydrogens (tertiary/aromatic N) is 1. The molecule has 0 radical (unpaired) electrons. The topological polar surface area (TPSA) is 74.3 Å². The van der Waals surface area contributed by atoms with Crippen molar-refractivity contribution in [3.63, 3.8) is 0 Å². The predicted octanol–water partition coefficient (Wildman–Crippen LogP) is 5.55. The molecule has 7 heteroatoms. The molecular weight excluding hydrogens is 470 g/mol. The molecule has 190 valence electrons. The number of carbonyl (C=O) groups excluding carboxylic acids is 2. The lowest BCUT2D eigenvalue weighted by Gasteiger charge is -2.18. The van der Waals surface area contributed by atoms with E-state index in [-0.39, 0.29) is 23.7 Å². The molecule has 0 aliphatic carbocycles. The maximum atomic E-state index is 13.6. The van der Waals surface area contributed by atoms with Crippen LogP contribution in [0.3, 0.4) is 0 Å². The average Bonchev–Trinajstić information content (AvgIpc) is 3.17. The van der Waals surface area contributed by atoms with E-state index in [0.29, 0.717) is 40.8 Å². The Morgan fingerprint density at radius 3 is 2.30 bits per heavy atom. The highest BCUT2D eigenvalue weighted by atomic mass is 16.5. The van der Waals surface area contributed by atoms with Crippen molar-refractivity contribution < 1.29 is 28.5 Å². The molecule has 37 heavy (non-hydrogen) atoms. The van der Waals surface area contributed by atoms with Crippen molar-refractivity contribution in [2.45, 2.75) is 20.5 Å². The molecular formula is C30H29NO6. The highest BCUT2D eigenvalue weighted by Crippen LogP contribution is 2.37. The highest BCUT2D eigenvalue weighted by Gasteiger charge is 2.38. The molecule has 0 saturated heterocycles. The van der Waals surface area contributed by atoms with Crippen LogP contribution in [0.2, 0.25) is 0 Å². The Balaban J connectivity index is 1.68. The fourth-order valence-electron chi connectivity index (χ4n) is 4.12. The smallest absolute Gasteiger partial charge is 0.340 e. The molecule has 3 aromatic rings. The SMILES string of the molecule is CCOC(=O)C1=C(C)N(c2ccc(OC)cc2)C(=O)/C1=C\c1ccc(OCc2ccccc2)c(OC)c1. The second kappa shape index (κ2) is 11.5. The number of allylic oxidation sites excluding steroid dienone is 1. The van der Waals surface area contributed by atoms with Gasteiger partial charge in [-0.1, -0.05) is 36.4 Å². The number of ether oxygens (including phenoxy) is 4. The summed E-state index contributed by atoms with van der Waals surface area (Å²) < 4.78 is 22.0. The molecule has 1 amide bonds. The number of hydrogen-bond acceptors (Lipinski definition) is 6. The molecule has 1 heterocycles. The number of esters is 1. The Morgan fingerprint density at radius 1 is 0.919 bits per heavy atom. The van der Waals surface area contributed by atoms with Crippen LogP contribution in [0, 0.1) is 0 Å². The number of anilines is 1. The van der Waals surface area contributed by atoms with Crippen molar-refractivity contribution in [1.82, 2.24) is 0 Å². The summed E-state index contributed by atoms with van der Waals surface area (Å²) >= 11 is 0. The third kappa shape index (κ3) is 5.51. The predicted molar refractivity (Wildman–Crippen MR) is 142 cm³/mol. The van der Waals surface area contributed by atoms with Gasteiger partial charge in [-0.05, 0) is 67.4 Å². The maximum Gasteiger partial charge on any atom is 0.340 e. The van der Waals surface area contributed by atoms with Gasteiger partial charge in [-0.2, -0.15) is 0 Å². The van der Waals surface area contributed by atoms with Crippen LogP contribution >= 0.6 is 0 Å². The van der Waals surface area contributed by atoms with Crippen molar-refractivity contribution in [3.05, 3.63) is 101 Å². The Hall–Kier alpha value is -4.52. The van der Waals surface area contributed by atoms with Gasteiger partial charge in [0.15, 0.2) is 11.5 Å². The molecule has 0 N–H and O–H groups in total. The number of amides is 1. The van der Waals surface area contributed by atoms with E-state index in [1.54, 1.807) is 70.5 Å². The Labute approximate surface area is 216 Å². The quantitative estimate of drug-likeness (QED) is 0.284. The van der Waals surface area contributed by atoms with E-state index in [1.165, 1.54) is 4.90 Å². The summed E-state index contributed by atoms with van der Waals surface area (Å²) in [4.78, 5) is 28.0. The molecule has 3 aromatic carbocycles. The first-order valence-corrected chi connectivity index (χ1v) is 11.9. The standard InChI is InChI=1S/C30H29NO6/c1-5-36-30(33)28-20(2)31(23-12-14-24(34-3)15-13-23)29(32)25(28)17-22-11-16-26(27(18-22)35-4)37-19-21-9-7-6-8-10-21/h6-18H,5,19H2,1-4H3/b25-17-. The summed E-state index contributed by atoms with van der Waals surface area (Å²) in [7, 11) is 3.13. The van der Waals surface area contributed by atoms with Crippen molar-refractivity contribution in [3.8, 4) is 17.2 Å². The van der Waals surface area contributed by atoms with Crippen molar-refractivity contribution in [1.29, 1.82) is 0 Å². The van der Waals surface area contributed by atoms with Crippen molar-refractivity contribution in [2.75, 3.05) is 25.7 Å². The Kier molecular flexibility index (Phi) is 7.93. The Morgan fingerprint density at radius 2 is 1.65 bits per heavy atom. The molecule has 1 aliphatic heterocycles. The fourth-order valence-corrected chi connectivity index (χ4v) is 4.12. The molecule has 0 fully saturated rings. The minimum atomic E-state index is -0.551. The number of carbonyl (C=O) groups is 2. The molecule has 0 unspecified atom stereocenters. The zero-order valence-electron chi connectivity index (χ0n) is 21.3. The second-order valence-corrected chi connectivity index (χ2v) is 8.26. The third-order valence-electron chi connectivity index (χ3n) is 5.95. The molecule has 0 aromatic heterocycles. The van der Waals surface area contributed by atoms with Gasteiger partial charge in [0.25, 0.3) is 5.91 Å². The minimum absolute atomic E-state index is 0.195. The van der Waals surface area contributed by atoms with Crippen LogP contribution in [-0.2, 0) is 20.9 Å². The van der Waals surface area contributed by atoms with Crippen LogP contribution < -0.4 is 19.1 Å². The van der Waals surface area contributed by atoms with Gasteiger partial charge in [-0.25, -0.2) is 4.79 Å². The first kappa shape index (κ1) is 25.6. The molecule has 0 spiro atoms. The van der Waals surface area contributed by atoms with Crippen molar-refractivity contribution >= 4 is 23.6 Å². The lowest BCUT2D eigenvalue weighted by Crippen LogP contribution is -2.24. The monoisotopic (exact) mass is 499 g/mol. The molecule has 7 nitrogen and oxygen atoms in total. The van der Waals surface area contributed by atoms with Gasteiger partial charge < -0.3 is 18.9 Å². The van der Waals surface area contributed by atoms with Crippen LogP contribution in [0.4, 0.5) is 5.69 Å². The number of benzene rings is 3. The normalized spacial score (nSPS) is 14.2. The molecule has 1 aliphatic rings. The molecule has 4 rings (SSSR count). The summed E-state index contributed by atoms with van der Waals surface area (Å²) in [6, 6.07) is 22.3. The van der Waals surface area contributed by atoms with E-state index >= 15 is 0 Å². The largest absolute Gasteiger partial charge is 0.497 e. The van der Waals surface area contributed by atoms with E-state index in [1.807, 2.05) is 36.4 Å². The number of methoxy groups -OCH3 is 2.